The van der Waals surface area contributed by atoms with E-state index in [1.807, 2.05) is 53.2 Å². The molecule has 0 saturated heterocycles. The van der Waals surface area contributed by atoms with Gasteiger partial charge in [-0.25, -0.2) is 5.10 Å². The lowest BCUT2D eigenvalue weighted by Gasteiger charge is -2.37. The van der Waals surface area contributed by atoms with Gasteiger partial charge in [0.05, 0.1) is 11.4 Å². The highest BCUT2D eigenvalue weighted by Crippen LogP contribution is 2.21. The number of aromatic amines is 1. The molecule has 0 bridgehead atoms. The largest absolute Gasteiger partial charge is 0.348 e. The first kappa shape index (κ1) is 19.7. The molecule has 3 heterocycles. The zero-order chi connectivity index (χ0) is 22.1. The van der Waals surface area contributed by atoms with E-state index < -0.39 is 5.91 Å². The van der Waals surface area contributed by atoms with Crippen molar-refractivity contribution in [1.82, 2.24) is 25.0 Å². The molecule has 1 atom stereocenters. The van der Waals surface area contributed by atoms with E-state index in [1.165, 1.54) is 0 Å². The van der Waals surface area contributed by atoms with Crippen LogP contribution in [0.3, 0.4) is 0 Å². The van der Waals surface area contributed by atoms with E-state index in [-0.39, 0.29) is 29.7 Å². The van der Waals surface area contributed by atoms with E-state index >= 15 is 0 Å². The van der Waals surface area contributed by atoms with Crippen molar-refractivity contribution in [3.63, 3.8) is 0 Å². The zero-order valence-corrected chi connectivity index (χ0v) is 17.2. The number of nitrogens with zero attached hydrogens (tertiary/aromatic N) is 3. The molecule has 160 valence electrons. The maximum absolute atomic E-state index is 13.2. The van der Waals surface area contributed by atoms with Crippen LogP contribution in [0.2, 0.25) is 0 Å². The lowest BCUT2D eigenvalue weighted by Crippen LogP contribution is -2.52. The highest BCUT2D eigenvalue weighted by molar-refractivity contribution is 6.04. The molecule has 1 unspecified atom stereocenters. The van der Waals surface area contributed by atoms with Gasteiger partial charge in [-0.05, 0) is 23.8 Å². The van der Waals surface area contributed by atoms with Crippen molar-refractivity contribution in [2.75, 3.05) is 6.54 Å². The van der Waals surface area contributed by atoms with Crippen molar-refractivity contribution in [2.45, 2.75) is 19.1 Å². The van der Waals surface area contributed by atoms with Gasteiger partial charge in [0, 0.05) is 31.2 Å². The molecule has 8 heteroatoms. The molecular formula is C24H21N5O3. The molecule has 2 N–H and O–H groups in total. The first-order valence-corrected chi connectivity index (χ1v) is 10.4. The van der Waals surface area contributed by atoms with E-state index in [0.29, 0.717) is 29.6 Å². The highest BCUT2D eigenvalue weighted by Gasteiger charge is 2.32. The third-order valence-corrected chi connectivity index (χ3v) is 5.76. The molecule has 8 nitrogen and oxygen atoms in total. The van der Waals surface area contributed by atoms with Gasteiger partial charge in [-0.2, -0.15) is 5.10 Å². The average Bonchev–Trinajstić information content (AvgIpc) is 3.30. The van der Waals surface area contributed by atoms with Crippen LogP contribution in [-0.2, 0) is 13.1 Å². The van der Waals surface area contributed by atoms with Crippen LogP contribution >= 0.6 is 0 Å². The Bertz CT molecular complexity index is 1360. The zero-order valence-electron chi connectivity index (χ0n) is 17.2. The summed E-state index contributed by atoms with van der Waals surface area (Å²) in [6.45, 7) is 1.27. The molecule has 0 saturated carbocycles. The molecular weight excluding hydrogens is 406 g/mol. The van der Waals surface area contributed by atoms with Crippen LogP contribution in [0, 0.1) is 0 Å². The Kier molecular flexibility index (Phi) is 5.03. The van der Waals surface area contributed by atoms with Crippen LogP contribution in [0.25, 0.3) is 10.8 Å². The van der Waals surface area contributed by atoms with Crippen LogP contribution in [0.4, 0.5) is 0 Å². The van der Waals surface area contributed by atoms with Gasteiger partial charge < -0.3 is 14.8 Å². The number of aromatic nitrogens is 3. The number of benzene rings is 2. The molecule has 2 aromatic heterocycles. The predicted molar refractivity (Wildman–Crippen MR) is 119 cm³/mol. The van der Waals surface area contributed by atoms with Crippen LogP contribution in [0.5, 0.6) is 0 Å². The maximum atomic E-state index is 13.2. The number of H-pyrrole nitrogens is 1. The third kappa shape index (κ3) is 3.56. The molecule has 1 aliphatic rings. The van der Waals surface area contributed by atoms with Gasteiger partial charge in [0.1, 0.15) is 5.69 Å². The van der Waals surface area contributed by atoms with Gasteiger partial charge in [-0.1, -0.05) is 48.5 Å². The monoisotopic (exact) mass is 427 g/mol. The van der Waals surface area contributed by atoms with Gasteiger partial charge in [0.2, 0.25) is 0 Å². The Morgan fingerprint density at radius 3 is 2.56 bits per heavy atom. The van der Waals surface area contributed by atoms with E-state index in [2.05, 4.69) is 15.5 Å². The molecule has 1 aliphatic heterocycles. The first-order valence-electron chi connectivity index (χ1n) is 10.4. The van der Waals surface area contributed by atoms with Crippen molar-refractivity contribution >= 4 is 22.6 Å². The number of hydrogen-bond donors (Lipinski definition) is 2. The highest BCUT2D eigenvalue weighted by atomic mass is 16.2. The Hall–Kier alpha value is -4.20. The topological polar surface area (TPSA) is 100 Å². The Labute approximate surface area is 183 Å². The van der Waals surface area contributed by atoms with Gasteiger partial charge in [0.25, 0.3) is 17.4 Å². The smallest absolute Gasteiger partial charge is 0.272 e. The summed E-state index contributed by atoms with van der Waals surface area (Å²) in [6, 6.07) is 20.1. The fraction of sp³-hybridized carbons (Fsp3) is 0.167. The van der Waals surface area contributed by atoms with Gasteiger partial charge in [-0.15, -0.1) is 0 Å². The molecule has 2 aromatic carbocycles. The van der Waals surface area contributed by atoms with Crippen molar-refractivity contribution in [3.05, 3.63) is 100 Å². The summed E-state index contributed by atoms with van der Waals surface area (Å²) in [6.07, 6.45) is 1.87. The van der Waals surface area contributed by atoms with Crippen LogP contribution in [0.15, 0.2) is 77.7 Å². The van der Waals surface area contributed by atoms with Gasteiger partial charge >= 0.3 is 0 Å². The van der Waals surface area contributed by atoms with E-state index in [0.717, 1.165) is 5.56 Å². The van der Waals surface area contributed by atoms with Gasteiger partial charge in [0.15, 0.2) is 5.69 Å². The molecule has 4 aromatic rings. The number of carbonyl (C=O) groups is 2. The molecule has 0 radical (unpaired) electrons. The molecule has 5 rings (SSSR count). The second kappa shape index (κ2) is 8.14. The molecule has 0 fully saturated rings. The summed E-state index contributed by atoms with van der Waals surface area (Å²) in [5.41, 5.74) is 1.46. The summed E-state index contributed by atoms with van der Waals surface area (Å²) in [5, 5.41) is 10.2. The summed E-state index contributed by atoms with van der Waals surface area (Å²) < 4.78 is 1.91. The lowest BCUT2D eigenvalue weighted by atomic mass is 10.1. The van der Waals surface area contributed by atoms with Crippen molar-refractivity contribution in [1.29, 1.82) is 0 Å². The second-order valence-corrected chi connectivity index (χ2v) is 7.78. The van der Waals surface area contributed by atoms with Crippen LogP contribution in [-0.4, -0.2) is 44.1 Å². The predicted octanol–water partition coefficient (Wildman–Crippen LogP) is 2.18. The van der Waals surface area contributed by atoms with E-state index in [9.17, 15) is 14.4 Å². The van der Waals surface area contributed by atoms with Crippen LogP contribution in [0.1, 0.15) is 26.5 Å². The second-order valence-electron chi connectivity index (χ2n) is 7.78. The lowest BCUT2D eigenvalue weighted by molar-refractivity contribution is 0.0563. The maximum Gasteiger partial charge on any atom is 0.272 e. The summed E-state index contributed by atoms with van der Waals surface area (Å²) in [5.74, 6) is -0.472. The Morgan fingerprint density at radius 2 is 1.75 bits per heavy atom. The fourth-order valence-corrected chi connectivity index (χ4v) is 4.14. The number of nitrogens with one attached hydrogen (secondary N) is 2. The average molecular weight is 427 g/mol. The minimum Gasteiger partial charge on any atom is -0.348 e. The Balaban J connectivity index is 1.39. The van der Waals surface area contributed by atoms with Crippen LogP contribution < -0.4 is 10.9 Å². The molecule has 2 amide bonds. The first-order chi connectivity index (χ1) is 15.6. The number of hydrogen-bond acceptors (Lipinski definition) is 4. The SMILES string of the molecule is O=C(NCC1Cn2cccc2C(=O)N1Cc1ccccc1)c1n[nH]c(=O)c2ccccc12. The number of fused-ring (bicyclic) bond motifs is 2. The third-order valence-electron chi connectivity index (χ3n) is 5.76. The summed E-state index contributed by atoms with van der Waals surface area (Å²) in [4.78, 5) is 39.9. The minimum atomic E-state index is -0.400. The molecule has 32 heavy (non-hydrogen) atoms. The van der Waals surface area contributed by atoms with Crippen molar-refractivity contribution in [2.24, 2.45) is 0 Å². The minimum absolute atomic E-state index is 0.0723. The standard InChI is InChI=1S/C24H21N5O3/c30-22-19-10-5-4-9-18(19)21(26-27-22)23(31)25-13-17-15-28-12-6-11-20(28)24(32)29(17)14-16-7-2-1-3-8-16/h1-12,17H,13-15H2,(H,25,31)(H,27,30). The molecule has 0 aliphatic carbocycles. The number of rotatable bonds is 5. The normalized spacial score (nSPS) is 15.6. The quantitative estimate of drug-likeness (QED) is 0.510. The Morgan fingerprint density at radius 1 is 1.00 bits per heavy atom. The summed E-state index contributed by atoms with van der Waals surface area (Å²) in [7, 11) is 0. The summed E-state index contributed by atoms with van der Waals surface area (Å²) >= 11 is 0. The molecule has 0 spiro atoms. The van der Waals surface area contributed by atoms with Gasteiger partial charge in [-0.3, -0.25) is 14.4 Å². The number of amides is 2. The van der Waals surface area contributed by atoms with E-state index in [1.54, 1.807) is 29.2 Å². The van der Waals surface area contributed by atoms with Crippen molar-refractivity contribution in [3.8, 4) is 0 Å². The fourth-order valence-electron chi connectivity index (χ4n) is 4.14. The number of carbonyl (C=O) groups excluding carboxylic acids is 2. The van der Waals surface area contributed by atoms with E-state index in [4.69, 9.17) is 0 Å². The van der Waals surface area contributed by atoms with Crippen molar-refractivity contribution < 1.29 is 9.59 Å².